The highest BCUT2D eigenvalue weighted by Gasteiger charge is 2.22. The van der Waals surface area contributed by atoms with E-state index >= 15 is 0 Å². The molecule has 1 aliphatic rings. The summed E-state index contributed by atoms with van der Waals surface area (Å²) in [7, 11) is 0. The topological polar surface area (TPSA) is 49.8 Å². The molecule has 0 unspecified atom stereocenters. The van der Waals surface area contributed by atoms with Crippen LogP contribution in [0.15, 0.2) is 24.5 Å². The van der Waals surface area contributed by atoms with Crippen LogP contribution in [0, 0.1) is 0 Å². The minimum absolute atomic E-state index is 0. The maximum absolute atomic E-state index is 6.10. The molecule has 2 aromatic heterocycles. The summed E-state index contributed by atoms with van der Waals surface area (Å²) in [6, 6.07) is 3.83. The molecule has 0 saturated carbocycles. The quantitative estimate of drug-likeness (QED) is 0.911. The van der Waals surface area contributed by atoms with Crippen LogP contribution in [0.5, 0.6) is 0 Å². The lowest BCUT2D eigenvalue weighted by molar-refractivity contribution is 0.111. The van der Waals surface area contributed by atoms with Crippen molar-refractivity contribution in [2.45, 2.75) is 25.9 Å². The van der Waals surface area contributed by atoms with Crippen LogP contribution in [0.25, 0.3) is 5.65 Å². The summed E-state index contributed by atoms with van der Waals surface area (Å²) in [6.45, 7) is 10.3. The van der Waals surface area contributed by atoms with Crippen molar-refractivity contribution in [1.82, 2.24) is 19.2 Å². The molecule has 0 atom stereocenters. The second-order valence-corrected chi connectivity index (χ2v) is 7.32. The summed E-state index contributed by atoms with van der Waals surface area (Å²) >= 11 is 6.01. The van der Waals surface area contributed by atoms with Gasteiger partial charge in [-0.2, -0.15) is 0 Å². The summed E-state index contributed by atoms with van der Waals surface area (Å²) in [5.41, 5.74) is 8.02. The first-order valence-corrected chi connectivity index (χ1v) is 8.14. The van der Waals surface area contributed by atoms with E-state index in [0.717, 1.165) is 55.6 Å². The maximum Gasteiger partial charge on any atom is 0.137 e. The highest BCUT2D eigenvalue weighted by atomic mass is 35.5. The van der Waals surface area contributed by atoms with Gasteiger partial charge in [-0.15, -0.1) is 12.4 Å². The van der Waals surface area contributed by atoms with Crippen LogP contribution < -0.4 is 5.73 Å². The van der Waals surface area contributed by atoms with E-state index in [4.69, 9.17) is 17.3 Å². The number of halogens is 2. The Bertz CT molecular complexity index is 641. The molecule has 7 heteroatoms. The standard InChI is InChI=1S/C16H24ClN5.ClH/c1-16(2,18)12-21-7-5-20(6-8-21)10-14-11-22-9-13(17)3-4-15(22)19-14;/h3-4,9,11H,5-8,10,12,18H2,1-2H3;1H. The normalized spacial score (nSPS) is 17.4. The SMILES string of the molecule is CC(C)(N)CN1CCN(Cc2cn3cc(Cl)ccc3n2)CC1.Cl. The smallest absolute Gasteiger partial charge is 0.137 e. The number of hydrogen-bond acceptors (Lipinski definition) is 4. The van der Waals surface area contributed by atoms with Gasteiger partial charge in [0.15, 0.2) is 0 Å². The Morgan fingerprint density at radius 3 is 2.43 bits per heavy atom. The second-order valence-electron chi connectivity index (χ2n) is 6.89. The van der Waals surface area contributed by atoms with Crippen LogP contribution in [0.4, 0.5) is 0 Å². The number of aromatic nitrogens is 2. The van der Waals surface area contributed by atoms with Crippen LogP contribution in [0.1, 0.15) is 19.5 Å². The molecule has 1 aliphatic heterocycles. The van der Waals surface area contributed by atoms with Crippen LogP contribution in [-0.4, -0.2) is 57.4 Å². The molecule has 0 amide bonds. The number of nitrogens with zero attached hydrogens (tertiary/aromatic N) is 4. The van der Waals surface area contributed by atoms with E-state index in [1.165, 1.54) is 0 Å². The van der Waals surface area contributed by atoms with Crippen molar-refractivity contribution in [3.63, 3.8) is 0 Å². The van der Waals surface area contributed by atoms with Gasteiger partial charge < -0.3 is 10.1 Å². The van der Waals surface area contributed by atoms with E-state index in [2.05, 4.69) is 34.8 Å². The number of hydrogen-bond donors (Lipinski definition) is 1. The molecule has 0 aliphatic carbocycles. The summed E-state index contributed by atoms with van der Waals surface area (Å²) in [5, 5.41) is 0.731. The van der Waals surface area contributed by atoms with Gasteiger partial charge in [-0.1, -0.05) is 11.6 Å². The third-order valence-corrected chi connectivity index (χ3v) is 4.17. The molecule has 2 N–H and O–H groups in total. The molecular formula is C16H25Cl2N5. The van der Waals surface area contributed by atoms with Crippen LogP contribution in [0.2, 0.25) is 5.02 Å². The van der Waals surface area contributed by atoms with Crippen molar-refractivity contribution >= 4 is 29.7 Å². The lowest BCUT2D eigenvalue weighted by atomic mass is 10.1. The molecule has 23 heavy (non-hydrogen) atoms. The second kappa shape index (κ2) is 7.36. The largest absolute Gasteiger partial charge is 0.324 e. The predicted octanol–water partition coefficient (Wildman–Crippen LogP) is 2.26. The maximum atomic E-state index is 6.10. The summed E-state index contributed by atoms with van der Waals surface area (Å²) in [5.74, 6) is 0. The number of fused-ring (bicyclic) bond motifs is 1. The van der Waals surface area contributed by atoms with Gasteiger partial charge in [0.05, 0.1) is 10.7 Å². The average molecular weight is 358 g/mol. The highest BCUT2D eigenvalue weighted by Crippen LogP contribution is 2.14. The van der Waals surface area contributed by atoms with Crippen molar-refractivity contribution in [2.75, 3.05) is 32.7 Å². The summed E-state index contributed by atoms with van der Waals surface area (Å²) in [6.07, 6.45) is 3.96. The molecule has 0 bridgehead atoms. The molecule has 0 radical (unpaired) electrons. The minimum Gasteiger partial charge on any atom is -0.324 e. The molecule has 5 nitrogen and oxygen atoms in total. The zero-order valence-electron chi connectivity index (χ0n) is 13.7. The first-order valence-electron chi connectivity index (χ1n) is 7.76. The van der Waals surface area contributed by atoms with Gasteiger partial charge in [0.1, 0.15) is 5.65 Å². The van der Waals surface area contributed by atoms with Gasteiger partial charge in [0, 0.05) is 57.2 Å². The van der Waals surface area contributed by atoms with Gasteiger partial charge in [-0.3, -0.25) is 9.80 Å². The Balaban J connectivity index is 0.00000192. The average Bonchev–Trinajstić information content (AvgIpc) is 2.80. The van der Waals surface area contributed by atoms with Crippen LogP contribution >= 0.6 is 24.0 Å². The fourth-order valence-electron chi connectivity index (χ4n) is 3.00. The number of imidazole rings is 1. The van der Waals surface area contributed by atoms with Crippen molar-refractivity contribution in [1.29, 1.82) is 0 Å². The van der Waals surface area contributed by atoms with Gasteiger partial charge in [0.25, 0.3) is 0 Å². The molecule has 0 aromatic carbocycles. The minimum atomic E-state index is -0.122. The van der Waals surface area contributed by atoms with Crippen molar-refractivity contribution < 1.29 is 0 Å². The van der Waals surface area contributed by atoms with E-state index in [1.807, 2.05) is 22.7 Å². The Labute approximate surface area is 148 Å². The lowest BCUT2D eigenvalue weighted by Crippen LogP contribution is -2.52. The highest BCUT2D eigenvalue weighted by molar-refractivity contribution is 6.30. The fraction of sp³-hybridized carbons (Fsp3) is 0.562. The summed E-state index contributed by atoms with van der Waals surface area (Å²) < 4.78 is 1.99. The van der Waals surface area contributed by atoms with Crippen LogP contribution in [0.3, 0.4) is 0 Å². The zero-order valence-corrected chi connectivity index (χ0v) is 15.3. The first-order chi connectivity index (χ1) is 10.4. The lowest BCUT2D eigenvalue weighted by Gasteiger charge is -2.37. The predicted molar refractivity (Wildman–Crippen MR) is 97.4 cm³/mol. The Morgan fingerprint density at radius 1 is 1.13 bits per heavy atom. The van der Waals surface area contributed by atoms with E-state index in [1.54, 1.807) is 0 Å². The number of piperazine rings is 1. The Kier molecular flexibility index (Phi) is 5.92. The number of rotatable bonds is 4. The van der Waals surface area contributed by atoms with Crippen molar-refractivity contribution in [2.24, 2.45) is 5.73 Å². The Morgan fingerprint density at radius 2 is 1.78 bits per heavy atom. The van der Waals surface area contributed by atoms with Crippen LogP contribution in [-0.2, 0) is 6.54 Å². The van der Waals surface area contributed by atoms with E-state index in [9.17, 15) is 0 Å². The van der Waals surface area contributed by atoms with Gasteiger partial charge >= 0.3 is 0 Å². The Hall–Kier alpha value is -0.850. The molecule has 128 valence electrons. The van der Waals surface area contributed by atoms with E-state index < -0.39 is 0 Å². The van der Waals surface area contributed by atoms with E-state index in [0.29, 0.717) is 0 Å². The molecule has 3 rings (SSSR count). The molecule has 1 saturated heterocycles. The molecule has 2 aromatic rings. The zero-order chi connectivity index (χ0) is 15.7. The fourth-order valence-corrected chi connectivity index (χ4v) is 3.17. The molecule has 3 heterocycles. The number of pyridine rings is 1. The van der Waals surface area contributed by atoms with Gasteiger partial charge in [0.2, 0.25) is 0 Å². The van der Waals surface area contributed by atoms with Crippen molar-refractivity contribution in [3.8, 4) is 0 Å². The van der Waals surface area contributed by atoms with Crippen molar-refractivity contribution in [3.05, 3.63) is 35.2 Å². The molecule has 0 spiro atoms. The third-order valence-electron chi connectivity index (χ3n) is 3.95. The summed E-state index contributed by atoms with van der Waals surface area (Å²) in [4.78, 5) is 9.55. The van der Waals surface area contributed by atoms with E-state index in [-0.39, 0.29) is 17.9 Å². The molecular weight excluding hydrogens is 333 g/mol. The van der Waals surface area contributed by atoms with Gasteiger partial charge in [-0.05, 0) is 26.0 Å². The third kappa shape index (κ3) is 5.06. The number of nitrogens with two attached hydrogens (primary N) is 1. The van der Waals surface area contributed by atoms with Gasteiger partial charge in [-0.25, -0.2) is 4.98 Å². The monoisotopic (exact) mass is 357 g/mol. The first kappa shape index (κ1) is 18.5. The molecule has 1 fully saturated rings.